The average Bonchev–Trinajstić information content (AvgIpc) is 3.23. The molecule has 0 N–H and O–H groups in total. The second-order valence-electron chi connectivity index (χ2n) is 7.88. The van der Waals surface area contributed by atoms with Crippen LogP contribution in [0.1, 0.15) is 45.8 Å². The molecule has 1 aliphatic rings. The van der Waals surface area contributed by atoms with E-state index in [2.05, 4.69) is 17.0 Å². The number of piperazine rings is 1. The zero-order valence-corrected chi connectivity index (χ0v) is 19.1. The lowest BCUT2D eigenvalue weighted by molar-refractivity contribution is -0.134. The summed E-state index contributed by atoms with van der Waals surface area (Å²) in [4.78, 5) is 42.7. The molecule has 1 aromatic heterocycles. The number of hydrogen-bond acceptors (Lipinski definition) is 6. The molecular formula is C24H30N2O4S. The smallest absolute Gasteiger partial charge is 0.223 e. The third kappa shape index (κ3) is 7.01. The van der Waals surface area contributed by atoms with Gasteiger partial charge in [-0.25, -0.2) is 0 Å². The number of methoxy groups -OCH3 is 1. The van der Waals surface area contributed by atoms with Crippen LogP contribution >= 0.6 is 11.3 Å². The number of hydrogen-bond donors (Lipinski definition) is 0. The van der Waals surface area contributed by atoms with Gasteiger partial charge in [0.2, 0.25) is 5.91 Å². The average molecular weight is 443 g/mol. The Bertz CT molecular complexity index is 899. The summed E-state index contributed by atoms with van der Waals surface area (Å²) in [6.45, 7) is 5.80. The van der Waals surface area contributed by atoms with Gasteiger partial charge in [-0.3, -0.25) is 19.3 Å². The molecule has 0 saturated carbocycles. The van der Waals surface area contributed by atoms with Crippen LogP contribution in [-0.2, 0) is 16.1 Å². The van der Waals surface area contributed by atoms with E-state index in [-0.39, 0.29) is 43.2 Å². The van der Waals surface area contributed by atoms with Gasteiger partial charge in [0.05, 0.1) is 12.0 Å². The van der Waals surface area contributed by atoms with E-state index in [1.165, 1.54) is 16.9 Å². The molecule has 7 heteroatoms. The van der Waals surface area contributed by atoms with Crippen LogP contribution in [0.3, 0.4) is 0 Å². The number of amides is 1. The minimum absolute atomic E-state index is 0.00533. The molecule has 0 spiro atoms. The molecule has 2 aromatic rings. The Labute approximate surface area is 187 Å². The summed E-state index contributed by atoms with van der Waals surface area (Å²) in [6, 6.07) is 11.8. The minimum Gasteiger partial charge on any atom is -0.497 e. The predicted molar refractivity (Wildman–Crippen MR) is 122 cm³/mol. The first-order valence-electron chi connectivity index (χ1n) is 10.7. The van der Waals surface area contributed by atoms with E-state index in [4.69, 9.17) is 4.74 Å². The zero-order valence-electron chi connectivity index (χ0n) is 18.3. The van der Waals surface area contributed by atoms with Crippen LogP contribution in [0.25, 0.3) is 0 Å². The van der Waals surface area contributed by atoms with Crippen LogP contribution in [0.15, 0.2) is 36.4 Å². The summed E-state index contributed by atoms with van der Waals surface area (Å²) in [5, 5.41) is 0. The molecule has 1 aliphatic heterocycles. The lowest BCUT2D eigenvalue weighted by atomic mass is 10.1. The third-order valence-electron chi connectivity index (χ3n) is 5.55. The molecule has 0 bridgehead atoms. The molecular weight excluding hydrogens is 412 g/mol. The monoisotopic (exact) mass is 442 g/mol. The van der Waals surface area contributed by atoms with Gasteiger partial charge >= 0.3 is 0 Å². The minimum atomic E-state index is -0.0203. The first-order chi connectivity index (χ1) is 14.9. The summed E-state index contributed by atoms with van der Waals surface area (Å²) >= 11 is 1.46. The van der Waals surface area contributed by atoms with Crippen LogP contribution in [0.4, 0.5) is 0 Å². The van der Waals surface area contributed by atoms with Crippen LogP contribution in [0, 0.1) is 6.92 Å². The van der Waals surface area contributed by atoms with Crippen molar-refractivity contribution in [2.75, 3.05) is 33.3 Å². The highest BCUT2D eigenvalue weighted by atomic mass is 32.1. The van der Waals surface area contributed by atoms with Crippen molar-refractivity contribution in [3.05, 3.63) is 51.7 Å². The Balaban J connectivity index is 1.33. The van der Waals surface area contributed by atoms with Gasteiger partial charge in [-0.2, -0.15) is 0 Å². The highest BCUT2D eigenvalue weighted by Crippen LogP contribution is 2.18. The van der Waals surface area contributed by atoms with Crippen molar-refractivity contribution >= 4 is 28.8 Å². The molecule has 166 valence electrons. The van der Waals surface area contributed by atoms with Gasteiger partial charge in [0.1, 0.15) is 11.5 Å². The second-order valence-corrected chi connectivity index (χ2v) is 9.17. The van der Waals surface area contributed by atoms with Gasteiger partial charge in [-0.15, -0.1) is 11.3 Å². The van der Waals surface area contributed by atoms with Gasteiger partial charge < -0.3 is 9.64 Å². The Kier molecular flexibility index (Phi) is 8.37. The first kappa shape index (κ1) is 23.2. The van der Waals surface area contributed by atoms with E-state index in [1.54, 1.807) is 7.11 Å². The normalized spacial score (nSPS) is 14.5. The molecule has 0 unspecified atom stereocenters. The molecule has 0 aliphatic carbocycles. The van der Waals surface area contributed by atoms with E-state index in [1.807, 2.05) is 36.1 Å². The summed E-state index contributed by atoms with van der Waals surface area (Å²) < 4.78 is 5.19. The predicted octanol–water partition coefficient (Wildman–Crippen LogP) is 3.72. The number of carbonyl (C=O) groups is 3. The Morgan fingerprint density at radius 3 is 2.19 bits per heavy atom. The van der Waals surface area contributed by atoms with Crippen molar-refractivity contribution in [3.63, 3.8) is 0 Å². The van der Waals surface area contributed by atoms with Crippen molar-refractivity contribution < 1.29 is 19.1 Å². The van der Waals surface area contributed by atoms with E-state index in [9.17, 15) is 14.4 Å². The SMILES string of the molecule is COc1ccc(CN2CCN(C(=O)CCC(=O)CCC(=O)c3ccc(C)s3)CC2)cc1. The Hall–Kier alpha value is -2.51. The number of aryl methyl sites for hydroxylation is 1. The number of Topliss-reactive ketones (excluding diaryl/α,β-unsaturated/α-hetero) is 2. The molecule has 1 saturated heterocycles. The summed E-state index contributed by atoms with van der Waals surface area (Å²) in [6.07, 6.45) is 0.862. The maximum atomic E-state index is 12.5. The maximum Gasteiger partial charge on any atom is 0.223 e. The van der Waals surface area contributed by atoms with Crippen LogP contribution in [0.5, 0.6) is 5.75 Å². The van der Waals surface area contributed by atoms with Gasteiger partial charge in [0.15, 0.2) is 5.78 Å². The number of ketones is 2. The summed E-state index contributed by atoms with van der Waals surface area (Å²) in [5.74, 6) is 0.858. The van der Waals surface area contributed by atoms with Crippen LogP contribution < -0.4 is 4.74 Å². The largest absolute Gasteiger partial charge is 0.497 e. The standard InChI is InChI=1S/C24H30N2O4S/c1-18-3-11-23(31-18)22(28)10-6-20(27)7-12-24(29)26-15-13-25(14-16-26)17-19-4-8-21(30-2)9-5-19/h3-5,8-9,11H,6-7,10,12-17H2,1-2H3. The molecule has 1 amide bonds. The highest BCUT2D eigenvalue weighted by Gasteiger charge is 2.21. The first-order valence-corrected chi connectivity index (χ1v) is 11.5. The molecule has 3 rings (SSSR count). The van der Waals surface area contributed by atoms with Gasteiger partial charge in [-0.1, -0.05) is 12.1 Å². The lowest BCUT2D eigenvalue weighted by Crippen LogP contribution is -2.48. The number of benzene rings is 1. The van der Waals surface area contributed by atoms with E-state index < -0.39 is 0 Å². The number of ether oxygens (including phenoxy) is 1. The third-order valence-corrected chi connectivity index (χ3v) is 6.60. The highest BCUT2D eigenvalue weighted by molar-refractivity contribution is 7.14. The van der Waals surface area contributed by atoms with Crippen molar-refractivity contribution in [2.45, 2.75) is 39.2 Å². The van der Waals surface area contributed by atoms with Crippen LogP contribution in [-0.4, -0.2) is 60.6 Å². The molecule has 6 nitrogen and oxygen atoms in total. The van der Waals surface area contributed by atoms with Crippen molar-refractivity contribution in [2.24, 2.45) is 0 Å². The molecule has 0 radical (unpaired) electrons. The fraction of sp³-hybridized carbons (Fsp3) is 0.458. The lowest BCUT2D eigenvalue weighted by Gasteiger charge is -2.34. The van der Waals surface area contributed by atoms with Gasteiger partial charge in [0, 0.05) is 63.3 Å². The number of carbonyl (C=O) groups excluding carboxylic acids is 3. The van der Waals surface area contributed by atoms with E-state index in [0.29, 0.717) is 18.0 Å². The van der Waals surface area contributed by atoms with E-state index >= 15 is 0 Å². The maximum absolute atomic E-state index is 12.5. The van der Waals surface area contributed by atoms with Crippen molar-refractivity contribution in [1.29, 1.82) is 0 Å². The Morgan fingerprint density at radius 1 is 0.903 bits per heavy atom. The molecule has 1 aromatic carbocycles. The number of rotatable bonds is 10. The second kappa shape index (κ2) is 11.2. The summed E-state index contributed by atoms with van der Waals surface area (Å²) in [7, 11) is 1.66. The van der Waals surface area contributed by atoms with Gasteiger partial charge in [0.25, 0.3) is 0 Å². The van der Waals surface area contributed by atoms with Gasteiger partial charge in [-0.05, 0) is 36.8 Å². The van der Waals surface area contributed by atoms with Crippen LogP contribution in [0.2, 0.25) is 0 Å². The number of thiophene rings is 1. The van der Waals surface area contributed by atoms with Crippen molar-refractivity contribution in [1.82, 2.24) is 9.80 Å². The molecule has 2 heterocycles. The topological polar surface area (TPSA) is 66.9 Å². The summed E-state index contributed by atoms with van der Waals surface area (Å²) in [5.41, 5.74) is 1.22. The van der Waals surface area contributed by atoms with Crippen molar-refractivity contribution in [3.8, 4) is 5.75 Å². The molecule has 1 fully saturated rings. The zero-order chi connectivity index (χ0) is 22.2. The molecule has 31 heavy (non-hydrogen) atoms. The fourth-order valence-corrected chi connectivity index (χ4v) is 4.47. The quantitative estimate of drug-likeness (QED) is 0.525. The van der Waals surface area contributed by atoms with E-state index in [0.717, 1.165) is 30.3 Å². The molecule has 0 atom stereocenters. The fourth-order valence-electron chi connectivity index (χ4n) is 3.63. The number of nitrogens with zero attached hydrogens (tertiary/aromatic N) is 2. The Morgan fingerprint density at radius 2 is 1.58 bits per heavy atom.